The molecule has 19 heavy (non-hydrogen) atoms. The van der Waals surface area contributed by atoms with E-state index in [2.05, 4.69) is 4.99 Å². The summed E-state index contributed by atoms with van der Waals surface area (Å²) in [6.07, 6.45) is 0. The zero-order valence-corrected chi connectivity index (χ0v) is 12.2. The van der Waals surface area contributed by atoms with E-state index in [-0.39, 0.29) is 12.3 Å². The van der Waals surface area contributed by atoms with Gasteiger partial charge in [0.1, 0.15) is 0 Å². The monoisotopic (exact) mass is 283 g/mol. The fraction of sp³-hybridized carbons (Fsp3) is 0.462. The van der Waals surface area contributed by atoms with Crippen molar-refractivity contribution in [1.29, 1.82) is 0 Å². The van der Waals surface area contributed by atoms with Crippen molar-refractivity contribution in [3.63, 3.8) is 0 Å². The zero-order chi connectivity index (χ0) is 14.3. The van der Waals surface area contributed by atoms with E-state index in [9.17, 15) is 8.42 Å². The first-order valence-electron chi connectivity index (χ1n) is 6.34. The molecule has 106 valence electrons. The van der Waals surface area contributed by atoms with Crippen LogP contribution in [0.1, 0.15) is 13.8 Å². The van der Waals surface area contributed by atoms with Crippen LogP contribution in [0.5, 0.6) is 0 Å². The first kappa shape index (κ1) is 15.5. The van der Waals surface area contributed by atoms with Gasteiger partial charge in [0.2, 0.25) is 0 Å². The average Bonchev–Trinajstić information content (AvgIpc) is 2.41. The van der Waals surface area contributed by atoms with Gasteiger partial charge in [-0.15, -0.1) is 0 Å². The third-order valence-corrected chi connectivity index (χ3v) is 4.53. The van der Waals surface area contributed by atoms with Crippen molar-refractivity contribution in [3.05, 3.63) is 30.3 Å². The van der Waals surface area contributed by atoms with Gasteiger partial charge < -0.3 is 10.6 Å². The van der Waals surface area contributed by atoms with E-state index in [1.807, 2.05) is 18.7 Å². The van der Waals surface area contributed by atoms with Crippen LogP contribution >= 0.6 is 0 Å². The first-order valence-corrected chi connectivity index (χ1v) is 7.99. The predicted molar refractivity (Wildman–Crippen MR) is 77.9 cm³/mol. The number of nitrogens with zero attached hydrogens (tertiary/aromatic N) is 2. The van der Waals surface area contributed by atoms with Crippen LogP contribution in [0.2, 0.25) is 0 Å². The summed E-state index contributed by atoms with van der Waals surface area (Å²) in [5.41, 5.74) is 5.79. The summed E-state index contributed by atoms with van der Waals surface area (Å²) < 4.78 is 24.0. The lowest BCUT2D eigenvalue weighted by atomic mass is 10.4. The van der Waals surface area contributed by atoms with Crippen LogP contribution in [-0.2, 0) is 9.84 Å². The van der Waals surface area contributed by atoms with Crippen LogP contribution in [0.4, 0.5) is 0 Å². The summed E-state index contributed by atoms with van der Waals surface area (Å²) in [7, 11) is -3.28. The lowest BCUT2D eigenvalue weighted by molar-refractivity contribution is 0.458. The van der Waals surface area contributed by atoms with E-state index >= 15 is 0 Å². The summed E-state index contributed by atoms with van der Waals surface area (Å²) in [5, 5.41) is 0. The van der Waals surface area contributed by atoms with Gasteiger partial charge in [0, 0.05) is 13.1 Å². The van der Waals surface area contributed by atoms with E-state index in [1.54, 1.807) is 30.3 Å². The van der Waals surface area contributed by atoms with Crippen molar-refractivity contribution in [2.45, 2.75) is 18.7 Å². The molecule has 0 saturated carbocycles. The van der Waals surface area contributed by atoms with Gasteiger partial charge in [-0.3, -0.25) is 4.99 Å². The number of hydrogen-bond donors (Lipinski definition) is 1. The van der Waals surface area contributed by atoms with Crippen LogP contribution in [0.25, 0.3) is 0 Å². The molecule has 0 aliphatic carbocycles. The molecule has 1 rings (SSSR count). The number of nitrogens with two attached hydrogens (primary N) is 1. The quantitative estimate of drug-likeness (QED) is 0.627. The Labute approximate surface area is 115 Å². The smallest absolute Gasteiger partial charge is 0.191 e. The van der Waals surface area contributed by atoms with Gasteiger partial charge in [0.25, 0.3) is 0 Å². The van der Waals surface area contributed by atoms with Crippen molar-refractivity contribution in [2.75, 3.05) is 25.4 Å². The molecule has 5 nitrogen and oxygen atoms in total. The molecule has 0 unspecified atom stereocenters. The van der Waals surface area contributed by atoms with Gasteiger partial charge in [-0.2, -0.15) is 0 Å². The van der Waals surface area contributed by atoms with Crippen molar-refractivity contribution in [2.24, 2.45) is 10.7 Å². The third kappa shape index (κ3) is 4.55. The molecule has 2 N–H and O–H groups in total. The van der Waals surface area contributed by atoms with E-state index in [4.69, 9.17) is 5.73 Å². The molecule has 0 aliphatic rings. The predicted octanol–water partition coefficient (Wildman–Crippen LogP) is 1.12. The maximum Gasteiger partial charge on any atom is 0.191 e. The molecule has 0 aromatic heterocycles. The fourth-order valence-corrected chi connectivity index (χ4v) is 2.81. The Kier molecular flexibility index (Phi) is 5.82. The van der Waals surface area contributed by atoms with Gasteiger partial charge in [0.15, 0.2) is 15.8 Å². The molecule has 0 heterocycles. The number of benzene rings is 1. The molecule has 1 aromatic carbocycles. The van der Waals surface area contributed by atoms with E-state index < -0.39 is 9.84 Å². The normalized spacial score (nSPS) is 12.4. The largest absolute Gasteiger partial charge is 0.370 e. The van der Waals surface area contributed by atoms with Crippen LogP contribution in [0, 0.1) is 0 Å². The molecule has 0 aliphatic heterocycles. The second-order valence-electron chi connectivity index (χ2n) is 4.04. The molecule has 0 atom stereocenters. The Morgan fingerprint density at radius 2 is 1.79 bits per heavy atom. The fourth-order valence-electron chi connectivity index (χ4n) is 1.67. The van der Waals surface area contributed by atoms with Gasteiger partial charge in [-0.25, -0.2) is 8.42 Å². The third-order valence-electron chi connectivity index (χ3n) is 2.82. The number of sulfone groups is 1. The molecular formula is C13H21N3O2S. The minimum absolute atomic E-state index is 0.0288. The molecule has 0 bridgehead atoms. The molecule has 0 radical (unpaired) electrons. The Balaban J connectivity index is 2.65. The van der Waals surface area contributed by atoms with E-state index in [0.29, 0.717) is 10.9 Å². The Bertz CT molecular complexity index is 508. The maximum absolute atomic E-state index is 12.0. The molecule has 0 fully saturated rings. The van der Waals surface area contributed by atoms with Gasteiger partial charge in [-0.1, -0.05) is 18.2 Å². The first-order chi connectivity index (χ1) is 9.01. The molecule has 0 spiro atoms. The standard InChI is InChI=1S/C13H21N3O2S/c1-3-16(4-2)13(14)15-10-11-19(17,18)12-8-6-5-7-9-12/h5-9H,3-4,10-11H2,1-2H3,(H2,14,15). The maximum atomic E-state index is 12.0. The van der Waals surface area contributed by atoms with Gasteiger partial charge in [-0.05, 0) is 26.0 Å². The summed E-state index contributed by atoms with van der Waals surface area (Å²) in [6, 6.07) is 8.38. The molecular weight excluding hydrogens is 262 g/mol. The van der Waals surface area contributed by atoms with Crippen LogP contribution in [0.3, 0.4) is 0 Å². The highest BCUT2D eigenvalue weighted by Crippen LogP contribution is 2.09. The minimum atomic E-state index is -3.28. The minimum Gasteiger partial charge on any atom is -0.370 e. The van der Waals surface area contributed by atoms with Crippen molar-refractivity contribution in [1.82, 2.24) is 4.90 Å². The zero-order valence-electron chi connectivity index (χ0n) is 11.4. The van der Waals surface area contributed by atoms with Gasteiger partial charge >= 0.3 is 0 Å². The highest BCUT2D eigenvalue weighted by atomic mass is 32.2. The van der Waals surface area contributed by atoms with E-state index in [0.717, 1.165) is 13.1 Å². The average molecular weight is 283 g/mol. The topological polar surface area (TPSA) is 75.8 Å². The highest BCUT2D eigenvalue weighted by Gasteiger charge is 2.13. The Hall–Kier alpha value is -1.56. The summed E-state index contributed by atoms with van der Waals surface area (Å²) in [5.74, 6) is 0.368. The molecule has 6 heteroatoms. The highest BCUT2D eigenvalue weighted by molar-refractivity contribution is 7.91. The number of hydrogen-bond acceptors (Lipinski definition) is 3. The second kappa shape index (κ2) is 7.13. The summed E-state index contributed by atoms with van der Waals surface area (Å²) in [4.78, 5) is 6.33. The van der Waals surface area contributed by atoms with Gasteiger partial charge in [0.05, 0.1) is 17.2 Å². The summed E-state index contributed by atoms with van der Waals surface area (Å²) >= 11 is 0. The lowest BCUT2D eigenvalue weighted by Crippen LogP contribution is -2.37. The van der Waals surface area contributed by atoms with Crippen molar-refractivity contribution in [3.8, 4) is 0 Å². The van der Waals surface area contributed by atoms with Crippen molar-refractivity contribution < 1.29 is 8.42 Å². The van der Waals surface area contributed by atoms with Crippen molar-refractivity contribution >= 4 is 15.8 Å². The SMILES string of the molecule is CCN(CC)C(N)=NCCS(=O)(=O)c1ccccc1. The molecule has 1 aromatic rings. The van der Waals surface area contributed by atoms with Crippen LogP contribution in [0.15, 0.2) is 40.2 Å². The second-order valence-corrected chi connectivity index (χ2v) is 6.15. The Morgan fingerprint density at radius 3 is 2.32 bits per heavy atom. The number of guanidine groups is 1. The number of aliphatic imine (C=N–C) groups is 1. The van der Waals surface area contributed by atoms with Crippen LogP contribution < -0.4 is 5.73 Å². The Morgan fingerprint density at radius 1 is 1.21 bits per heavy atom. The summed E-state index contributed by atoms with van der Waals surface area (Å²) in [6.45, 7) is 5.66. The lowest BCUT2D eigenvalue weighted by Gasteiger charge is -2.19. The number of rotatable bonds is 6. The van der Waals surface area contributed by atoms with Crippen LogP contribution in [-0.4, -0.2) is 44.7 Å². The molecule has 0 saturated heterocycles. The van der Waals surface area contributed by atoms with E-state index in [1.165, 1.54) is 0 Å². The molecule has 0 amide bonds.